The van der Waals surface area contributed by atoms with Crippen molar-refractivity contribution in [2.24, 2.45) is 0 Å². The van der Waals surface area contributed by atoms with E-state index in [-0.39, 0.29) is 12.0 Å². The SMILES string of the molecule is O=C(O)CCC(NC(=O)c1cc(F)cc(Br)c1)C(=O)O. The lowest BCUT2D eigenvalue weighted by Crippen LogP contribution is -2.41. The molecule has 0 bridgehead atoms. The third-order valence-electron chi connectivity index (χ3n) is 2.38. The van der Waals surface area contributed by atoms with Crippen molar-refractivity contribution in [3.8, 4) is 0 Å². The van der Waals surface area contributed by atoms with Crippen molar-refractivity contribution in [3.05, 3.63) is 34.1 Å². The van der Waals surface area contributed by atoms with Crippen molar-refractivity contribution in [1.29, 1.82) is 0 Å². The molecule has 3 N–H and O–H groups in total. The van der Waals surface area contributed by atoms with Crippen LogP contribution < -0.4 is 5.32 Å². The van der Waals surface area contributed by atoms with Crippen LogP contribution in [0.4, 0.5) is 4.39 Å². The quantitative estimate of drug-likeness (QED) is 0.725. The van der Waals surface area contributed by atoms with Crippen LogP contribution in [0.2, 0.25) is 0 Å². The molecule has 1 aromatic carbocycles. The second-order valence-corrected chi connectivity index (χ2v) is 4.87. The predicted octanol–water partition coefficient (Wildman–Crippen LogP) is 1.64. The molecule has 1 amide bonds. The number of carboxylic acid groups (broad SMARTS) is 2. The number of carboxylic acids is 2. The molecule has 0 fully saturated rings. The van der Waals surface area contributed by atoms with Crippen LogP contribution >= 0.6 is 15.9 Å². The van der Waals surface area contributed by atoms with Gasteiger partial charge in [-0.15, -0.1) is 0 Å². The van der Waals surface area contributed by atoms with E-state index < -0.39 is 36.1 Å². The van der Waals surface area contributed by atoms with Gasteiger partial charge in [0.2, 0.25) is 0 Å². The highest BCUT2D eigenvalue weighted by molar-refractivity contribution is 9.10. The fraction of sp³-hybridized carbons (Fsp3) is 0.250. The van der Waals surface area contributed by atoms with Crippen LogP contribution in [0.1, 0.15) is 23.2 Å². The number of halogens is 2. The summed E-state index contributed by atoms with van der Waals surface area (Å²) in [5.41, 5.74) is -0.0570. The van der Waals surface area contributed by atoms with Crippen LogP contribution in [0.15, 0.2) is 22.7 Å². The smallest absolute Gasteiger partial charge is 0.326 e. The highest BCUT2D eigenvalue weighted by Crippen LogP contribution is 2.15. The second kappa shape index (κ2) is 6.99. The largest absolute Gasteiger partial charge is 0.481 e. The van der Waals surface area contributed by atoms with E-state index in [2.05, 4.69) is 21.2 Å². The van der Waals surface area contributed by atoms with E-state index in [0.29, 0.717) is 4.47 Å². The number of nitrogens with one attached hydrogen (secondary N) is 1. The molecule has 1 unspecified atom stereocenters. The fourth-order valence-electron chi connectivity index (χ4n) is 1.45. The molecule has 0 radical (unpaired) electrons. The van der Waals surface area contributed by atoms with Crippen LogP contribution in [0, 0.1) is 5.82 Å². The maximum absolute atomic E-state index is 13.1. The molecular formula is C12H11BrFNO5. The molecule has 8 heteroatoms. The first-order valence-corrected chi connectivity index (χ1v) is 6.30. The third-order valence-corrected chi connectivity index (χ3v) is 2.83. The summed E-state index contributed by atoms with van der Waals surface area (Å²) < 4.78 is 13.5. The second-order valence-electron chi connectivity index (χ2n) is 3.95. The van der Waals surface area contributed by atoms with Crippen molar-refractivity contribution < 1.29 is 29.0 Å². The molecule has 1 atom stereocenters. The minimum atomic E-state index is -1.35. The molecule has 1 aromatic rings. The minimum absolute atomic E-state index is 0.0570. The lowest BCUT2D eigenvalue weighted by molar-refractivity contribution is -0.140. The number of rotatable bonds is 6. The van der Waals surface area contributed by atoms with E-state index in [0.717, 1.165) is 12.1 Å². The number of carbonyl (C=O) groups is 3. The van der Waals surface area contributed by atoms with Gasteiger partial charge in [-0.1, -0.05) is 15.9 Å². The number of hydrogen-bond acceptors (Lipinski definition) is 3. The molecule has 1 rings (SSSR count). The Labute approximate surface area is 121 Å². The zero-order valence-electron chi connectivity index (χ0n) is 10.1. The Morgan fingerprint density at radius 2 is 1.90 bits per heavy atom. The van der Waals surface area contributed by atoms with Gasteiger partial charge < -0.3 is 15.5 Å². The Morgan fingerprint density at radius 1 is 1.25 bits per heavy atom. The van der Waals surface area contributed by atoms with Crippen molar-refractivity contribution in [2.45, 2.75) is 18.9 Å². The molecule has 6 nitrogen and oxygen atoms in total. The maximum Gasteiger partial charge on any atom is 0.326 e. The van der Waals surface area contributed by atoms with Crippen LogP contribution in [-0.4, -0.2) is 34.1 Å². The van der Waals surface area contributed by atoms with Gasteiger partial charge in [-0.2, -0.15) is 0 Å². The van der Waals surface area contributed by atoms with Crippen LogP contribution in [-0.2, 0) is 9.59 Å². The molecule has 0 aliphatic carbocycles. The monoisotopic (exact) mass is 347 g/mol. The van der Waals surface area contributed by atoms with Gasteiger partial charge >= 0.3 is 11.9 Å². The topological polar surface area (TPSA) is 104 Å². The van der Waals surface area contributed by atoms with Crippen molar-refractivity contribution >= 4 is 33.8 Å². The van der Waals surface area contributed by atoms with Gasteiger partial charge in [-0.25, -0.2) is 9.18 Å². The summed E-state index contributed by atoms with van der Waals surface area (Å²) in [5.74, 6) is -3.96. The highest BCUT2D eigenvalue weighted by atomic mass is 79.9. The zero-order valence-corrected chi connectivity index (χ0v) is 11.7. The first kappa shape index (κ1) is 16.1. The predicted molar refractivity (Wildman–Crippen MR) is 69.9 cm³/mol. The summed E-state index contributed by atoms with van der Waals surface area (Å²) >= 11 is 3.01. The van der Waals surface area contributed by atoms with Crippen molar-refractivity contribution in [2.75, 3.05) is 0 Å². The summed E-state index contributed by atoms with van der Waals surface area (Å²) in [6.07, 6.45) is -0.656. The van der Waals surface area contributed by atoms with Crippen LogP contribution in [0.5, 0.6) is 0 Å². The number of aliphatic carboxylic acids is 2. The Balaban J connectivity index is 2.79. The Bertz CT molecular complexity index is 528. The molecule has 0 spiro atoms. The molecule has 0 saturated heterocycles. The fourth-order valence-corrected chi connectivity index (χ4v) is 1.92. The Kier molecular flexibility index (Phi) is 5.63. The van der Waals surface area contributed by atoms with Crippen LogP contribution in [0.3, 0.4) is 0 Å². The number of carbonyl (C=O) groups excluding carboxylic acids is 1. The molecule has 20 heavy (non-hydrogen) atoms. The zero-order chi connectivity index (χ0) is 15.3. The van der Waals surface area contributed by atoms with E-state index in [1.807, 2.05) is 0 Å². The van der Waals surface area contributed by atoms with Crippen molar-refractivity contribution in [3.63, 3.8) is 0 Å². The third kappa shape index (κ3) is 4.96. The molecule has 0 aliphatic rings. The Morgan fingerprint density at radius 3 is 2.40 bits per heavy atom. The molecular weight excluding hydrogens is 337 g/mol. The Hall–Kier alpha value is -1.96. The van der Waals surface area contributed by atoms with Gasteiger partial charge in [-0.05, 0) is 24.6 Å². The average molecular weight is 348 g/mol. The molecule has 108 valence electrons. The first-order chi connectivity index (χ1) is 9.29. The van der Waals surface area contributed by atoms with Gasteiger partial charge in [-0.3, -0.25) is 9.59 Å². The van der Waals surface area contributed by atoms with E-state index in [4.69, 9.17) is 10.2 Å². The van der Waals surface area contributed by atoms with E-state index in [9.17, 15) is 18.8 Å². The summed E-state index contributed by atoms with van der Waals surface area (Å²) in [6, 6.07) is 2.08. The standard InChI is InChI=1S/C12H11BrFNO5/c13-7-3-6(4-8(14)5-7)11(18)15-9(12(19)20)1-2-10(16)17/h3-5,9H,1-2H2,(H,15,18)(H,16,17)(H,19,20). The van der Waals surface area contributed by atoms with Crippen LogP contribution in [0.25, 0.3) is 0 Å². The summed E-state index contributed by atoms with van der Waals surface area (Å²) in [4.78, 5) is 33.1. The lowest BCUT2D eigenvalue weighted by atomic mass is 10.1. The van der Waals surface area contributed by atoms with Gasteiger partial charge in [0.15, 0.2) is 0 Å². The van der Waals surface area contributed by atoms with E-state index in [1.54, 1.807) is 0 Å². The van der Waals surface area contributed by atoms with Gasteiger partial charge in [0.25, 0.3) is 5.91 Å². The lowest BCUT2D eigenvalue weighted by Gasteiger charge is -2.13. The minimum Gasteiger partial charge on any atom is -0.481 e. The first-order valence-electron chi connectivity index (χ1n) is 5.51. The molecule has 0 heterocycles. The van der Waals surface area contributed by atoms with Gasteiger partial charge in [0.05, 0.1) is 0 Å². The number of benzene rings is 1. The van der Waals surface area contributed by atoms with Gasteiger partial charge in [0, 0.05) is 16.5 Å². The normalized spacial score (nSPS) is 11.7. The molecule has 0 saturated carbocycles. The van der Waals surface area contributed by atoms with Gasteiger partial charge in [0.1, 0.15) is 11.9 Å². The number of hydrogen-bond donors (Lipinski definition) is 3. The highest BCUT2D eigenvalue weighted by Gasteiger charge is 2.22. The van der Waals surface area contributed by atoms with Crippen molar-refractivity contribution in [1.82, 2.24) is 5.32 Å². The summed E-state index contributed by atoms with van der Waals surface area (Å²) in [7, 11) is 0. The number of amides is 1. The molecule has 0 aromatic heterocycles. The average Bonchev–Trinajstić information content (AvgIpc) is 2.32. The summed E-state index contributed by atoms with van der Waals surface area (Å²) in [6.45, 7) is 0. The maximum atomic E-state index is 13.1. The summed E-state index contributed by atoms with van der Waals surface area (Å²) in [5, 5.41) is 19.6. The van der Waals surface area contributed by atoms with E-state index >= 15 is 0 Å². The van der Waals surface area contributed by atoms with E-state index in [1.165, 1.54) is 6.07 Å². The molecule has 0 aliphatic heterocycles.